The summed E-state index contributed by atoms with van der Waals surface area (Å²) >= 11 is 0. The molecule has 1 saturated heterocycles. The van der Waals surface area contributed by atoms with Gasteiger partial charge in [-0.2, -0.15) is 5.10 Å². The summed E-state index contributed by atoms with van der Waals surface area (Å²) in [5, 5.41) is 6.95. The number of amides is 2. The highest BCUT2D eigenvalue weighted by Crippen LogP contribution is 2.19. The van der Waals surface area contributed by atoms with E-state index >= 15 is 0 Å². The first-order chi connectivity index (χ1) is 12.0. The van der Waals surface area contributed by atoms with Crippen molar-refractivity contribution in [1.29, 1.82) is 0 Å². The van der Waals surface area contributed by atoms with Crippen LogP contribution in [0.2, 0.25) is 0 Å². The van der Waals surface area contributed by atoms with Crippen LogP contribution in [-0.4, -0.2) is 46.1 Å². The van der Waals surface area contributed by atoms with Crippen molar-refractivity contribution >= 4 is 29.9 Å². The monoisotopic (exact) mass is 377 g/mol. The third-order valence-corrected chi connectivity index (χ3v) is 4.55. The molecule has 1 aliphatic rings. The molecule has 0 saturated carbocycles. The second-order valence-electron chi connectivity index (χ2n) is 6.47. The lowest BCUT2D eigenvalue weighted by atomic mass is 9.96. The highest BCUT2D eigenvalue weighted by Gasteiger charge is 2.24. The summed E-state index contributed by atoms with van der Waals surface area (Å²) in [6, 6.07) is 7.07. The van der Waals surface area contributed by atoms with Crippen molar-refractivity contribution in [2.45, 2.75) is 12.8 Å². The van der Waals surface area contributed by atoms with E-state index in [0.29, 0.717) is 42.4 Å². The molecule has 3 rings (SSSR count). The minimum Gasteiger partial charge on any atom is -0.399 e. The summed E-state index contributed by atoms with van der Waals surface area (Å²) in [5.74, 6) is 0.294. The van der Waals surface area contributed by atoms with Gasteiger partial charge in [-0.15, -0.1) is 12.4 Å². The van der Waals surface area contributed by atoms with E-state index in [4.69, 9.17) is 5.73 Å². The van der Waals surface area contributed by atoms with Gasteiger partial charge in [0, 0.05) is 44.1 Å². The Balaban J connectivity index is 0.00000243. The number of hydrogen-bond donors (Lipinski definition) is 2. The first-order valence-corrected chi connectivity index (χ1v) is 8.44. The van der Waals surface area contributed by atoms with Gasteiger partial charge in [-0.05, 0) is 37.0 Å². The highest BCUT2D eigenvalue weighted by molar-refractivity contribution is 5.95. The normalized spacial score (nSPS) is 14.6. The molecule has 1 aromatic carbocycles. The van der Waals surface area contributed by atoms with Crippen LogP contribution in [0.25, 0.3) is 0 Å². The molecule has 2 aromatic rings. The molecule has 2 heterocycles. The van der Waals surface area contributed by atoms with Crippen molar-refractivity contribution in [2.75, 3.05) is 25.4 Å². The van der Waals surface area contributed by atoms with Crippen molar-refractivity contribution in [1.82, 2.24) is 20.0 Å². The fourth-order valence-corrected chi connectivity index (χ4v) is 3.07. The maximum Gasteiger partial charge on any atom is 0.254 e. The van der Waals surface area contributed by atoms with Crippen LogP contribution in [0, 0.1) is 5.92 Å². The number of nitrogens with zero attached hydrogens (tertiary/aromatic N) is 3. The van der Waals surface area contributed by atoms with E-state index in [9.17, 15) is 9.59 Å². The summed E-state index contributed by atoms with van der Waals surface area (Å²) in [6.45, 7) is 2.01. The van der Waals surface area contributed by atoms with Crippen molar-refractivity contribution in [2.24, 2.45) is 13.0 Å². The Morgan fingerprint density at radius 3 is 2.62 bits per heavy atom. The van der Waals surface area contributed by atoms with Crippen molar-refractivity contribution in [3.8, 4) is 0 Å². The number of aryl methyl sites for hydroxylation is 1. The number of nitrogens with two attached hydrogens (primary N) is 1. The summed E-state index contributed by atoms with van der Waals surface area (Å²) in [4.78, 5) is 26.4. The highest BCUT2D eigenvalue weighted by atomic mass is 35.5. The van der Waals surface area contributed by atoms with Gasteiger partial charge < -0.3 is 16.0 Å². The molecule has 1 fully saturated rings. The van der Waals surface area contributed by atoms with E-state index in [-0.39, 0.29) is 24.2 Å². The average molecular weight is 378 g/mol. The first kappa shape index (κ1) is 19.8. The van der Waals surface area contributed by atoms with Crippen molar-refractivity contribution in [3.63, 3.8) is 0 Å². The molecule has 8 heteroatoms. The molecule has 1 aromatic heterocycles. The predicted molar refractivity (Wildman–Crippen MR) is 102 cm³/mol. The number of benzene rings is 1. The largest absolute Gasteiger partial charge is 0.399 e. The van der Waals surface area contributed by atoms with E-state index in [2.05, 4.69) is 10.4 Å². The minimum atomic E-state index is -0.105. The van der Waals surface area contributed by atoms with Crippen molar-refractivity contribution in [3.05, 3.63) is 47.8 Å². The number of aromatic nitrogens is 2. The van der Waals surface area contributed by atoms with Crippen LogP contribution in [0.15, 0.2) is 36.7 Å². The maximum atomic E-state index is 12.5. The second-order valence-corrected chi connectivity index (χ2v) is 6.47. The molecule has 140 valence electrons. The maximum absolute atomic E-state index is 12.5. The molecule has 0 bridgehead atoms. The molecule has 1 aliphatic heterocycles. The van der Waals surface area contributed by atoms with Gasteiger partial charge in [-0.25, -0.2) is 0 Å². The number of anilines is 1. The van der Waals surface area contributed by atoms with Crippen LogP contribution in [0.4, 0.5) is 5.69 Å². The van der Waals surface area contributed by atoms with Gasteiger partial charge in [-0.3, -0.25) is 14.3 Å². The smallest absolute Gasteiger partial charge is 0.254 e. The fraction of sp³-hybridized carbons (Fsp3) is 0.389. The molecule has 0 atom stereocenters. The van der Waals surface area contributed by atoms with Gasteiger partial charge >= 0.3 is 0 Å². The zero-order chi connectivity index (χ0) is 17.8. The number of carbonyl (C=O) groups excluding carboxylic acids is 2. The standard InChI is InChI=1S/C18H23N5O2.ClH/c1-22-12-15(11-21-22)17(24)20-10-13-5-7-23(8-6-13)18(25)14-3-2-4-16(19)9-14;/h2-4,9,11-13H,5-8,10,19H2,1H3,(H,20,24);1H. The van der Waals surface area contributed by atoms with Crippen LogP contribution in [0.1, 0.15) is 33.6 Å². The Morgan fingerprint density at radius 2 is 2.00 bits per heavy atom. The molecular weight excluding hydrogens is 354 g/mol. The van der Waals surface area contributed by atoms with E-state index in [1.807, 2.05) is 4.90 Å². The molecule has 7 nitrogen and oxygen atoms in total. The zero-order valence-corrected chi connectivity index (χ0v) is 15.5. The summed E-state index contributed by atoms with van der Waals surface area (Å²) < 4.78 is 1.61. The molecule has 0 unspecified atom stereocenters. The number of carbonyl (C=O) groups is 2. The number of piperidine rings is 1. The number of nitrogen functional groups attached to an aromatic ring is 1. The SMILES string of the molecule is Cl.Cn1cc(C(=O)NCC2CCN(C(=O)c3cccc(N)c3)CC2)cn1. The molecule has 0 aliphatic carbocycles. The number of hydrogen-bond acceptors (Lipinski definition) is 4. The lowest BCUT2D eigenvalue weighted by Crippen LogP contribution is -2.41. The van der Waals surface area contributed by atoms with E-state index in [1.165, 1.54) is 0 Å². The van der Waals surface area contributed by atoms with Gasteiger partial charge in [-0.1, -0.05) is 6.07 Å². The first-order valence-electron chi connectivity index (χ1n) is 8.44. The van der Waals surface area contributed by atoms with Gasteiger partial charge in [0.1, 0.15) is 0 Å². The fourth-order valence-electron chi connectivity index (χ4n) is 3.07. The third kappa shape index (κ3) is 4.76. The topological polar surface area (TPSA) is 93.2 Å². The third-order valence-electron chi connectivity index (χ3n) is 4.55. The van der Waals surface area contributed by atoms with Gasteiger partial charge in [0.25, 0.3) is 11.8 Å². The second kappa shape index (κ2) is 8.71. The van der Waals surface area contributed by atoms with Gasteiger partial charge in [0.15, 0.2) is 0 Å². The van der Waals surface area contributed by atoms with Crippen LogP contribution in [0.3, 0.4) is 0 Å². The van der Waals surface area contributed by atoms with Crippen LogP contribution < -0.4 is 11.1 Å². The molecule has 26 heavy (non-hydrogen) atoms. The molecule has 0 radical (unpaired) electrons. The van der Waals surface area contributed by atoms with E-state index in [1.54, 1.807) is 48.4 Å². The summed E-state index contributed by atoms with van der Waals surface area (Å²) in [7, 11) is 1.78. The average Bonchev–Trinajstić information content (AvgIpc) is 3.06. The van der Waals surface area contributed by atoms with Gasteiger partial charge in [0.2, 0.25) is 0 Å². The van der Waals surface area contributed by atoms with Crippen molar-refractivity contribution < 1.29 is 9.59 Å². The summed E-state index contributed by atoms with van der Waals surface area (Å²) in [6.07, 6.45) is 5.01. The Hall–Kier alpha value is -2.54. The Kier molecular flexibility index (Phi) is 6.63. The molecule has 0 spiro atoms. The number of likely N-dealkylation sites (tertiary alicyclic amines) is 1. The lowest BCUT2D eigenvalue weighted by molar-refractivity contribution is 0.0684. The van der Waals surface area contributed by atoms with E-state index < -0.39 is 0 Å². The zero-order valence-electron chi connectivity index (χ0n) is 14.7. The van der Waals surface area contributed by atoms with Crippen LogP contribution >= 0.6 is 12.4 Å². The van der Waals surface area contributed by atoms with E-state index in [0.717, 1.165) is 12.8 Å². The van der Waals surface area contributed by atoms with Crippen LogP contribution in [0.5, 0.6) is 0 Å². The number of nitrogens with one attached hydrogen (secondary N) is 1. The number of halogens is 1. The Morgan fingerprint density at radius 1 is 1.27 bits per heavy atom. The Bertz CT molecular complexity index is 768. The lowest BCUT2D eigenvalue weighted by Gasteiger charge is -2.32. The quantitative estimate of drug-likeness (QED) is 0.793. The number of rotatable bonds is 4. The minimum absolute atomic E-state index is 0. The molecule has 3 N–H and O–H groups in total. The Labute approximate surface area is 159 Å². The predicted octanol–water partition coefficient (Wildman–Crippen LogP) is 1.71. The van der Waals surface area contributed by atoms with Gasteiger partial charge in [0.05, 0.1) is 11.8 Å². The summed E-state index contributed by atoms with van der Waals surface area (Å²) in [5.41, 5.74) is 7.54. The van der Waals surface area contributed by atoms with Crippen LogP contribution in [-0.2, 0) is 7.05 Å². The molecule has 2 amide bonds. The molecular formula is C18H24ClN5O2.